The summed E-state index contributed by atoms with van der Waals surface area (Å²) in [6, 6.07) is 10.5. The second kappa shape index (κ2) is 6.69. The van der Waals surface area contributed by atoms with Gasteiger partial charge < -0.3 is 4.90 Å². The maximum Gasteiger partial charge on any atom is 0.225 e. The van der Waals surface area contributed by atoms with Crippen molar-refractivity contribution >= 4 is 39.0 Å². The van der Waals surface area contributed by atoms with Crippen molar-refractivity contribution in [2.24, 2.45) is 0 Å². The summed E-state index contributed by atoms with van der Waals surface area (Å²) in [5, 5.41) is 1.51. The fourth-order valence-electron chi connectivity index (χ4n) is 3.53. The van der Waals surface area contributed by atoms with Crippen LogP contribution >= 0.6 is 22.9 Å². The average molecular weight is 358 g/mol. The fraction of sp³-hybridized carbons (Fsp3) is 0.368. The predicted octanol–water partition coefficient (Wildman–Crippen LogP) is 5.70. The first-order valence-electron chi connectivity index (χ1n) is 8.51. The lowest BCUT2D eigenvalue weighted by Gasteiger charge is -2.23. The molecule has 1 aliphatic rings. The first-order valence-corrected chi connectivity index (χ1v) is 9.70. The van der Waals surface area contributed by atoms with Crippen LogP contribution in [0.15, 0.2) is 30.3 Å². The molecule has 0 amide bonds. The molecule has 0 unspecified atom stereocenters. The zero-order chi connectivity index (χ0) is 16.5. The maximum atomic E-state index is 6.25. The molecule has 1 fully saturated rings. The van der Waals surface area contributed by atoms with E-state index in [2.05, 4.69) is 52.1 Å². The van der Waals surface area contributed by atoms with Crippen molar-refractivity contribution in [3.8, 4) is 11.1 Å². The third kappa shape index (κ3) is 2.89. The quantitative estimate of drug-likeness (QED) is 0.551. The molecule has 24 heavy (non-hydrogen) atoms. The number of aromatic nitrogens is 2. The number of hydrogen-bond donors (Lipinski definition) is 0. The van der Waals surface area contributed by atoms with Gasteiger partial charge in [-0.15, -0.1) is 11.3 Å². The number of benzene rings is 1. The summed E-state index contributed by atoms with van der Waals surface area (Å²) in [7, 11) is 0. The van der Waals surface area contributed by atoms with Crippen molar-refractivity contribution in [2.45, 2.75) is 32.6 Å². The maximum absolute atomic E-state index is 6.25. The molecule has 124 valence electrons. The molecule has 3 heterocycles. The van der Waals surface area contributed by atoms with Crippen LogP contribution in [-0.2, 0) is 0 Å². The van der Waals surface area contributed by atoms with Gasteiger partial charge in [-0.3, -0.25) is 0 Å². The lowest BCUT2D eigenvalue weighted by atomic mass is 10.0. The van der Waals surface area contributed by atoms with Crippen LogP contribution in [0.5, 0.6) is 0 Å². The monoisotopic (exact) mass is 357 g/mol. The van der Waals surface area contributed by atoms with Crippen LogP contribution in [0, 0.1) is 6.92 Å². The number of nitrogens with zero attached hydrogens (tertiary/aromatic N) is 3. The Labute approximate surface area is 151 Å². The standard InChI is InChI=1S/C19H20ClN3S/c1-13-15(14-9-5-4-6-10-14)16-17(21-19(20)22-18(16)24-13)23-11-7-2-3-8-12-23/h4-6,9-10H,2-3,7-8,11-12H2,1H3. The number of aryl methyl sites for hydroxylation is 1. The Bertz CT molecular complexity index is 852. The number of hydrogen-bond acceptors (Lipinski definition) is 4. The molecule has 2 aromatic heterocycles. The van der Waals surface area contributed by atoms with E-state index in [-0.39, 0.29) is 0 Å². The van der Waals surface area contributed by atoms with E-state index in [1.807, 2.05) is 0 Å². The summed E-state index contributed by atoms with van der Waals surface area (Å²) in [5.41, 5.74) is 2.48. The highest BCUT2D eigenvalue weighted by molar-refractivity contribution is 7.19. The van der Waals surface area contributed by atoms with Crippen LogP contribution in [0.4, 0.5) is 5.82 Å². The average Bonchev–Trinajstić information content (AvgIpc) is 2.76. The highest BCUT2D eigenvalue weighted by Gasteiger charge is 2.22. The van der Waals surface area contributed by atoms with Gasteiger partial charge in [0, 0.05) is 23.5 Å². The number of halogens is 1. The smallest absolute Gasteiger partial charge is 0.225 e. The topological polar surface area (TPSA) is 29.0 Å². The van der Waals surface area contributed by atoms with E-state index in [4.69, 9.17) is 11.6 Å². The Morgan fingerprint density at radius 3 is 2.42 bits per heavy atom. The zero-order valence-electron chi connectivity index (χ0n) is 13.8. The Morgan fingerprint density at radius 2 is 1.71 bits per heavy atom. The number of rotatable bonds is 2. The van der Waals surface area contributed by atoms with Gasteiger partial charge in [-0.05, 0) is 36.9 Å². The number of fused-ring (bicyclic) bond motifs is 1. The minimum Gasteiger partial charge on any atom is -0.356 e. The number of anilines is 1. The molecule has 0 N–H and O–H groups in total. The lowest BCUT2D eigenvalue weighted by molar-refractivity contribution is 0.726. The molecule has 3 nitrogen and oxygen atoms in total. The normalized spacial score (nSPS) is 15.7. The summed E-state index contributed by atoms with van der Waals surface area (Å²) >= 11 is 7.96. The van der Waals surface area contributed by atoms with Gasteiger partial charge in [0.1, 0.15) is 10.6 Å². The molecular formula is C19H20ClN3S. The van der Waals surface area contributed by atoms with Crippen LogP contribution < -0.4 is 4.90 Å². The van der Waals surface area contributed by atoms with Crippen molar-refractivity contribution in [1.29, 1.82) is 0 Å². The molecule has 0 aliphatic carbocycles. The van der Waals surface area contributed by atoms with Gasteiger partial charge in [-0.2, -0.15) is 4.98 Å². The van der Waals surface area contributed by atoms with Crippen LogP contribution in [0.25, 0.3) is 21.3 Å². The van der Waals surface area contributed by atoms with Crippen molar-refractivity contribution < 1.29 is 0 Å². The molecule has 4 rings (SSSR count). The van der Waals surface area contributed by atoms with E-state index >= 15 is 0 Å². The van der Waals surface area contributed by atoms with E-state index in [9.17, 15) is 0 Å². The second-order valence-corrected chi connectivity index (χ2v) is 7.84. The van der Waals surface area contributed by atoms with Crippen LogP contribution in [0.3, 0.4) is 0 Å². The Balaban J connectivity index is 1.95. The van der Waals surface area contributed by atoms with Gasteiger partial charge in [-0.25, -0.2) is 4.98 Å². The van der Waals surface area contributed by atoms with Gasteiger partial charge in [0.25, 0.3) is 0 Å². The molecular weight excluding hydrogens is 338 g/mol. The van der Waals surface area contributed by atoms with Crippen LogP contribution in [0.1, 0.15) is 30.6 Å². The van der Waals surface area contributed by atoms with E-state index in [0.29, 0.717) is 5.28 Å². The van der Waals surface area contributed by atoms with Crippen LogP contribution in [0.2, 0.25) is 5.28 Å². The van der Waals surface area contributed by atoms with Crippen molar-refractivity contribution in [2.75, 3.05) is 18.0 Å². The zero-order valence-corrected chi connectivity index (χ0v) is 15.3. The predicted molar refractivity (Wildman–Crippen MR) is 103 cm³/mol. The fourth-order valence-corrected chi connectivity index (χ4v) is 4.79. The Hall–Kier alpha value is -1.65. The highest BCUT2D eigenvalue weighted by atomic mass is 35.5. The van der Waals surface area contributed by atoms with Crippen molar-refractivity contribution in [1.82, 2.24) is 9.97 Å². The largest absolute Gasteiger partial charge is 0.356 e. The second-order valence-electron chi connectivity index (χ2n) is 6.30. The van der Waals surface area contributed by atoms with Crippen LogP contribution in [-0.4, -0.2) is 23.1 Å². The van der Waals surface area contributed by atoms with E-state index in [0.717, 1.165) is 29.1 Å². The summed E-state index contributed by atoms with van der Waals surface area (Å²) in [4.78, 5) is 13.8. The minimum absolute atomic E-state index is 0.350. The Morgan fingerprint density at radius 1 is 1.00 bits per heavy atom. The summed E-state index contributed by atoms with van der Waals surface area (Å²) < 4.78 is 0. The van der Waals surface area contributed by atoms with Crippen molar-refractivity contribution in [3.63, 3.8) is 0 Å². The Kier molecular flexibility index (Phi) is 4.42. The lowest BCUT2D eigenvalue weighted by Crippen LogP contribution is -2.25. The van der Waals surface area contributed by atoms with E-state index < -0.39 is 0 Å². The van der Waals surface area contributed by atoms with Crippen molar-refractivity contribution in [3.05, 3.63) is 40.5 Å². The molecule has 3 aromatic rings. The van der Waals surface area contributed by atoms with Gasteiger partial charge >= 0.3 is 0 Å². The molecule has 0 saturated carbocycles. The SMILES string of the molecule is Cc1sc2nc(Cl)nc(N3CCCCCC3)c2c1-c1ccccc1. The minimum atomic E-state index is 0.350. The summed E-state index contributed by atoms with van der Waals surface area (Å²) in [6.07, 6.45) is 5.03. The number of thiophene rings is 1. The molecule has 1 aliphatic heterocycles. The molecule has 1 saturated heterocycles. The first-order chi connectivity index (χ1) is 11.7. The highest BCUT2D eigenvalue weighted by Crippen LogP contribution is 2.42. The van der Waals surface area contributed by atoms with Gasteiger partial charge in [0.05, 0.1) is 5.39 Å². The third-order valence-electron chi connectivity index (χ3n) is 4.65. The van der Waals surface area contributed by atoms with Gasteiger partial charge in [0.15, 0.2) is 0 Å². The van der Waals surface area contributed by atoms with Gasteiger partial charge in [0.2, 0.25) is 5.28 Å². The molecule has 0 bridgehead atoms. The summed E-state index contributed by atoms with van der Waals surface area (Å²) in [6.45, 7) is 4.26. The molecule has 5 heteroatoms. The third-order valence-corrected chi connectivity index (χ3v) is 5.82. The molecule has 0 atom stereocenters. The van der Waals surface area contributed by atoms with Gasteiger partial charge in [-0.1, -0.05) is 43.2 Å². The summed E-state index contributed by atoms with van der Waals surface area (Å²) in [5.74, 6) is 1.01. The molecule has 1 aromatic carbocycles. The van der Waals surface area contributed by atoms with E-state index in [1.54, 1.807) is 11.3 Å². The molecule has 0 radical (unpaired) electrons. The molecule has 0 spiro atoms. The first kappa shape index (κ1) is 15.9. The van der Waals surface area contributed by atoms with E-state index in [1.165, 1.54) is 41.7 Å².